The molecule has 2 aromatic rings. The highest BCUT2D eigenvalue weighted by Gasteiger charge is 2.21. The second-order valence-electron chi connectivity index (χ2n) is 5.43. The largest absolute Gasteiger partial charge is 0.497 e. The van der Waals surface area contributed by atoms with Crippen LogP contribution in [0.5, 0.6) is 17.2 Å². The van der Waals surface area contributed by atoms with Crippen LogP contribution in [0.3, 0.4) is 0 Å². The third kappa shape index (κ3) is 4.56. The fourth-order valence-corrected chi connectivity index (χ4v) is 3.39. The highest BCUT2D eigenvalue weighted by Crippen LogP contribution is 2.27. The van der Waals surface area contributed by atoms with Crippen molar-refractivity contribution in [1.29, 1.82) is 0 Å². The van der Waals surface area contributed by atoms with Gasteiger partial charge in [0.25, 0.3) is 5.91 Å². The van der Waals surface area contributed by atoms with E-state index < -0.39 is 0 Å². The third-order valence-corrected chi connectivity index (χ3v) is 4.80. The van der Waals surface area contributed by atoms with Crippen molar-refractivity contribution in [2.75, 3.05) is 14.2 Å². The Kier molecular flexibility index (Phi) is 5.80. The van der Waals surface area contributed by atoms with Crippen LogP contribution in [0.2, 0.25) is 0 Å². The standard InChI is InChI=1S/C19H17NO4S2/c1-22-15-7-13(8-16(10-15)23-2)11-24-14-5-3-12(4-6-14)9-17-18(21)20-19(25)26-17/h3-10H,11H2,1-2H3,(H,20,21,25). The second-order valence-corrected chi connectivity index (χ2v) is 7.15. The van der Waals surface area contributed by atoms with E-state index in [1.54, 1.807) is 20.3 Å². The third-order valence-electron chi connectivity index (χ3n) is 3.64. The summed E-state index contributed by atoms with van der Waals surface area (Å²) in [6.45, 7) is 0.389. The number of nitrogens with one attached hydrogen (secondary N) is 1. The smallest absolute Gasteiger partial charge is 0.263 e. The summed E-state index contributed by atoms with van der Waals surface area (Å²) < 4.78 is 16.8. The maximum atomic E-state index is 11.7. The molecule has 1 aliphatic heterocycles. The Hall–Kier alpha value is -2.51. The first kappa shape index (κ1) is 18.3. The van der Waals surface area contributed by atoms with Crippen molar-refractivity contribution < 1.29 is 19.0 Å². The molecule has 0 bridgehead atoms. The maximum absolute atomic E-state index is 11.7. The second kappa shape index (κ2) is 8.25. The summed E-state index contributed by atoms with van der Waals surface area (Å²) in [6.07, 6.45) is 1.80. The minimum absolute atomic E-state index is 0.160. The number of hydrogen-bond donors (Lipinski definition) is 1. The summed E-state index contributed by atoms with van der Waals surface area (Å²) in [5.74, 6) is 2.01. The normalized spacial score (nSPS) is 15.1. The van der Waals surface area contributed by atoms with E-state index in [0.29, 0.717) is 15.8 Å². The van der Waals surface area contributed by atoms with E-state index in [1.165, 1.54) is 11.8 Å². The molecule has 26 heavy (non-hydrogen) atoms. The first-order chi connectivity index (χ1) is 12.6. The van der Waals surface area contributed by atoms with Crippen LogP contribution in [0.25, 0.3) is 6.08 Å². The molecular formula is C19H17NO4S2. The van der Waals surface area contributed by atoms with Gasteiger partial charge in [0.1, 0.15) is 28.2 Å². The highest BCUT2D eigenvalue weighted by molar-refractivity contribution is 8.26. The summed E-state index contributed by atoms with van der Waals surface area (Å²) in [7, 11) is 3.23. The number of benzene rings is 2. The van der Waals surface area contributed by atoms with Crippen molar-refractivity contribution in [3.05, 3.63) is 58.5 Å². The Morgan fingerprint density at radius 3 is 2.23 bits per heavy atom. The molecular weight excluding hydrogens is 370 g/mol. The van der Waals surface area contributed by atoms with Crippen molar-refractivity contribution in [3.63, 3.8) is 0 Å². The van der Waals surface area contributed by atoms with Crippen molar-refractivity contribution >= 4 is 40.3 Å². The van der Waals surface area contributed by atoms with Crippen molar-refractivity contribution in [2.45, 2.75) is 6.61 Å². The van der Waals surface area contributed by atoms with Gasteiger partial charge < -0.3 is 19.5 Å². The molecule has 0 spiro atoms. The fraction of sp³-hybridized carbons (Fsp3) is 0.158. The van der Waals surface area contributed by atoms with Crippen molar-refractivity contribution in [1.82, 2.24) is 5.32 Å². The van der Waals surface area contributed by atoms with Gasteiger partial charge in [0.2, 0.25) is 0 Å². The maximum Gasteiger partial charge on any atom is 0.263 e. The van der Waals surface area contributed by atoms with Crippen LogP contribution in [0.15, 0.2) is 47.4 Å². The molecule has 1 saturated heterocycles. The van der Waals surface area contributed by atoms with Crippen LogP contribution in [0, 0.1) is 0 Å². The monoisotopic (exact) mass is 387 g/mol. The molecule has 0 unspecified atom stereocenters. The molecule has 0 aromatic heterocycles. The molecule has 1 N–H and O–H groups in total. The molecule has 1 amide bonds. The molecule has 3 rings (SSSR count). The van der Waals surface area contributed by atoms with E-state index in [1.807, 2.05) is 42.5 Å². The first-order valence-electron chi connectivity index (χ1n) is 7.77. The van der Waals surface area contributed by atoms with E-state index in [0.717, 1.165) is 28.4 Å². The number of carbonyl (C=O) groups is 1. The van der Waals surface area contributed by atoms with E-state index in [9.17, 15) is 4.79 Å². The number of methoxy groups -OCH3 is 2. The molecule has 0 saturated carbocycles. The van der Waals surface area contributed by atoms with Crippen molar-refractivity contribution in [2.24, 2.45) is 0 Å². The van der Waals surface area contributed by atoms with Gasteiger partial charge in [0, 0.05) is 6.07 Å². The lowest BCUT2D eigenvalue weighted by molar-refractivity contribution is -0.115. The molecule has 1 fully saturated rings. The van der Waals surface area contributed by atoms with Gasteiger partial charge in [-0.2, -0.15) is 0 Å². The number of amides is 1. The van der Waals surface area contributed by atoms with Crippen LogP contribution in [-0.4, -0.2) is 24.4 Å². The van der Waals surface area contributed by atoms with Gasteiger partial charge in [-0.15, -0.1) is 0 Å². The lowest BCUT2D eigenvalue weighted by Gasteiger charge is -2.10. The van der Waals surface area contributed by atoms with Gasteiger partial charge in [0.15, 0.2) is 0 Å². The van der Waals surface area contributed by atoms with Gasteiger partial charge >= 0.3 is 0 Å². The molecule has 0 aliphatic carbocycles. The predicted octanol–water partition coefficient (Wildman–Crippen LogP) is 3.77. The summed E-state index contributed by atoms with van der Waals surface area (Å²) in [5.41, 5.74) is 1.85. The van der Waals surface area contributed by atoms with Gasteiger partial charge in [0.05, 0.1) is 19.1 Å². The summed E-state index contributed by atoms with van der Waals surface area (Å²) in [5, 5.41) is 2.60. The van der Waals surface area contributed by atoms with Crippen LogP contribution in [0.4, 0.5) is 0 Å². The Balaban J connectivity index is 1.66. The number of ether oxygens (including phenoxy) is 3. The average molecular weight is 387 g/mol. The minimum atomic E-state index is -0.160. The van der Waals surface area contributed by atoms with Crippen LogP contribution in [-0.2, 0) is 11.4 Å². The Labute approximate surface area is 161 Å². The zero-order valence-electron chi connectivity index (χ0n) is 14.3. The zero-order valence-corrected chi connectivity index (χ0v) is 15.9. The van der Waals surface area contributed by atoms with Crippen LogP contribution < -0.4 is 19.5 Å². The first-order valence-corrected chi connectivity index (χ1v) is 8.99. The summed E-state index contributed by atoms with van der Waals surface area (Å²) >= 11 is 6.24. The molecule has 5 nitrogen and oxygen atoms in total. The zero-order chi connectivity index (χ0) is 18.5. The number of carbonyl (C=O) groups excluding carboxylic acids is 1. The van der Waals surface area contributed by atoms with Gasteiger partial charge in [-0.25, -0.2) is 0 Å². The highest BCUT2D eigenvalue weighted by atomic mass is 32.2. The minimum Gasteiger partial charge on any atom is -0.497 e. The quantitative estimate of drug-likeness (QED) is 0.601. The van der Waals surface area contributed by atoms with Gasteiger partial charge in [-0.05, 0) is 41.5 Å². The number of rotatable bonds is 6. The molecule has 1 aliphatic rings. The summed E-state index contributed by atoms with van der Waals surface area (Å²) in [6, 6.07) is 13.1. The van der Waals surface area contributed by atoms with Gasteiger partial charge in [-0.1, -0.05) is 36.1 Å². The molecule has 0 radical (unpaired) electrons. The molecule has 134 valence electrons. The number of hydrogen-bond acceptors (Lipinski definition) is 6. The van der Waals surface area contributed by atoms with Crippen LogP contribution in [0.1, 0.15) is 11.1 Å². The Morgan fingerprint density at radius 2 is 1.69 bits per heavy atom. The molecule has 2 aromatic carbocycles. The number of thioether (sulfide) groups is 1. The number of thiocarbonyl (C=S) groups is 1. The lowest BCUT2D eigenvalue weighted by atomic mass is 10.2. The fourth-order valence-electron chi connectivity index (χ4n) is 2.35. The molecule has 1 heterocycles. The van der Waals surface area contributed by atoms with Crippen molar-refractivity contribution in [3.8, 4) is 17.2 Å². The van der Waals surface area contributed by atoms with E-state index >= 15 is 0 Å². The average Bonchev–Trinajstić information content (AvgIpc) is 2.97. The topological polar surface area (TPSA) is 56.8 Å². The Bertz CT molecular complexity index is 840. The van der Waals surface area contributed by atoms with E-state index in [-0.39, 0.29) is 5.91 Å². The predicted molar refractivity (Wildman–Crippen MR) is 107 cm³/mol. The lowest BCUT2D eigenvalue weighted by Crippen LogP contribution is -2.17. The van der Waals surface area contributed by atoms with E-state index in [4.69, 9.17) is 26.4 Å². The van der Waals surface area contributed by atoms with Gasteiger partial charge in [-0.3, -0.25) is 4.79 Å². The van der Waals surface area contributed by atoms with Crippen LogP contribution >= 0.6 is 24.0 Å². The van der Waals surface area contributed by atoms with E-state index in [2.05, 4.69) is 5.32 Å². The Morgan fingerprint density at radius 1 is 1.04 bits per heavy atom. The molecule has 0 atom stereocenters. The SMILES string of the molecule is COc1cc(COc2ccc(C=C3SC(=S)NC3=O)cc2)cc(OC)c1. The summed E-state index contributed by atoms with van der Waals surface area (Å²) in [4.78, 5) is 12.3. The molecule has 7 heteroatoms.